The Labute approximate surface area is 126 Å². The lowest BCUT2D eigenvalue weighted by Crippen LogP contribution is -2.48. The molecule has 21 heavy (non-hydrogen) atoms. The van der Waals surface area contributed by atoms with E-state index in [0.29, 0.717) is 5.56 Å². The normalized spacial score (nSPS) is 17.0. The van der Waals surface area contributed by atoms with Crippen molar-refractivity contribution in [3.05, 3.63) is 35.4 Å². The van der Waals surface area contributed by atoms with Gasteiger partial charge in [-0.05, 0) is 38.8 Å². The minimum Gasteiger partial charge on any atom is -0.352 e. The third kappa shape index (κ3) is 4.59. The Hall–Kier alpha value is -1.84. The summed E-state index contributed by atoms with van der Waals surface area (Å²) in [5, 5.41) is 5.78. The summed E-state index contributed by atoms with van der Waals surface area (Å²) >= 11 is 0. The molecule has 1 fully saturated rings. The van der Waals surface area contributed by atoms with Gasteiger partial charge in [0.2, 0.25) is 5.91 Å². The number of aryl methyl sites for hydroxylation is 1. The Kier molecular flexibility index (Phi) is 5.37. The van der Waals surface area contributed by atoms with E-state index in [1.807, 2.05) is 19.1 Å². The second kappa shape index (κ2) is 7.25. The summed E-state index contributed by atoms with van der Waals surface area (Å²) in [7, 11) is 0. The molecule has 0 bridgehead atoms. The number of benzene rings is 1. The monoisotopic (exact) mass is 288 g/mol. The van der Waals surface area contributed by atoms with Crippen LogP contribution in [0.5, 0.6) is 0 Å². The largest absolute Gasteiger partial charge is 0.352 e. The zero-order chi connectivity index (χ0) is 15.2. The summed E-state index contributed by atoms with van der Waals surface area (Å²) in [4.78, 5) is 24.2. The summed E-state index contributed by atoms with van der Waals surface area (Å²) in [5.41, 5.74) is 1.69. The second-order valence-corrected chi connectivity index (χ2v) is 5.90. The maximum Gasteiger partial charge on any atom is 0.251 e. The van der Waals surface area contributed by atoms with Gasteiger partial charge in [-0.25, -0.2) is 0 Å². The maximum atomic E-state index is 12.1. The molecular formula is C17H24N2O2. The predicted molar refractivity (Wildman–Crippen MR) is 83.1 cm³/mol. The first-order valence-corrected chi connectivity index (χ1v) is 7.74. The third-order valence-corrected chi connectivity index (χ3v) is 4.01. The summed E-state index contributed by atoms with van der Waals surface area (Å²) in [6.45, 7) is 3.70. The Morgan fingerprint density at radius 1 is 1.10 bits per heavy atom. The number of nitrogens with one attached hydrogen (secondary N) is 2. The molecular weight excluding hydrogens is 264 g/mol. The minimum absolute atomic E-state index is 0.0950. The lowest BCUT2D eigenvalue weighted by molar-refractivity contribution is -0.123. The van der Waals surface area contributed by atoms with Crippen LogP contribution in [0.4, 0.5) is 0 Å². The van der Waals surface area contributed by atoms with Crippen LogP contribution >= 0.6 is 0 Å². The van der Waals surface area contributed by atoms with Crippen molar-refractivity contribution in [1.82, 2.24) is 10.6 Å². The zero-order valence-electron chi connectivity index (χ0n) is 12.8. The SMILES string of the molecule is Cc1ccc(C(=O)NC(C)C(=O)NC2CCCCC2)cc1. The molecule has 0 aromatic heterocycles. The van der Waals surface area contributed by atoms with Gasteiger partial charge in [0, 0.05) is 11.6 Å². The molecule has 1 aromatic rings. The Balaban J connectivity index is 1.84. The van der Waals surface area contributed by atoms with E-state index in [4.69, 9.17) is 0 Å². The van der Waals surface area contributed by atoms with Gasteiger partial charge in [-0.1, -0.05) is 37.0 Å². The molecule has 1 unspecified atom stereocenters. The van der Waals surface area contributed by atoms with Crippen LogP contribution in [-0.2, 0) is 4.79 Å². The van der Waals surface area contributed by atoms with Gasteiger partial charge in [0.1, 0.15) is 6.04 Å². The molecule has 0 radical (unpaired) electrons. The van der Waals surface area contributed by atoms with E-state index in [0.717, 1.165) is 18.4 Å². The van der Waals surface area contributed by atoms with Crippen LogP contribution in [0.3, 0.4) is 0 Å². The number of rotatable bonds is 4. The number of carbonyl (C=O) groups is 2. The topological polar surface area (TPSA) is 58.2 Å². The summed E-state index contributed by atoms with van der Waals surface area (Å²) in [6.07, 6.45) is 5.70. The molecule has 1 saturated carbocycles. The van der Waals surface area contributed by atoms with Gasteiger partial charge in [-0.2, -0.15) is 0 Å². The number of amides is 2. The predicted octanol–water partition coefficient (Wildman–Crippen LogP) is 2.56. The van der Waals surface area contributed by atoms with E-state index in [1.54, 1.807) is 19.1 Å². The average molecular weight is 288 g/mol. The lowest BCUT2D eigenvalue weighted by Gasteiger charge is -2.24. The highest BCUT2D eigenvalue weighted by molar-refractivity contribution is 5.97. The number of carbonyl (C=O) groups excluding carboxylic acids is 2. The van der Waals surface area contributed by atoms with Crippen molar-refractivity contribution in [2.75, 3.05) is 0 Å². The molecule has 0 aliphatic heterocycles. The van der Waals surface area contributed by atoms with Crippen LogP contribution in [0.1, 0.15) is 54.9 Å². The van der Waals surface area contributed by atoms with Crippen molar-refractivity contribution in [2.45, 2.75) is 58.0 Å². The van der Waals surface area contributed by atoms with Gasteiger partial charge in [0.25, 0.3) is 5.91 Å². The van der Waals surface area contributed by atoms with Crippen LogP contribution in [0.2, 0.25) is 0 Å². The van der Waals surface area contributed by atoms with Gasteiger partial charge in [-0.3, -0.25) is 9.59 Å². The highest BCUT2D eigenvalue weighted by Crippen LogP contribution is 2.17. The van der Waals surface area contributed by atoms with Crippen LogP contribution in [0.25, 0.3) is 0 Å². The Morgan fingerprint density at radius 3 is 2.33 bits per heavy atom. The summed E-state index contributed by atoms with van der Waals surface area (Å²) < 4.78 is 0. The highest BCUT2D eigenvalue weighted by Gasteiger charge is 2.21. The number of hydrogen-bond acceptors (Lipinski definition) is 2. The van der Waals surface area contributed by atoms with Crippen LogP contribution < -0.4 is 10.6 Å². The van der Waals surface area contributed by atoms with Crippen LogP contribution in [-0.4, -0.2) is 23.9 Å². The molecule has 1 aromatic carbocycles. The lowest BCUT2D eigenvalue weighted by atomic mass is 9.95. The molecule has 1 atom stereocenters. The van der Waals surface area contributed by atoms with E-state index in [1.165, 1.54) is 19.3 Å². The van der Waals surface area contributed by atoms with Crippen LogP contribution in [0, 0.1) is 6.92 Å². The van der Waals surface area contributed by atoms with Crippen LogP contribution in [0.15, 0.2) is 24.3 Å². The van der Waals surface area contributed by atoms with E-state index in [-0.39, 0.29) is 17.9 Å². The van der Waals surface area contributed by atoms with E-state index >= 15 is 0 Å². The van der Waals surface area contributed by atoms with Gasteiger partial charge in [0.05, 0.1) is 0 Å². The molecule has 0 saturated heterocycles. The number of hydrogen-bond donors (Lipinski definition) is 2. The van der Waals surface area contributed by atoms with Crippen molar-refractivity contribution in [3.8, 4) is 0 Å². The smallest absolute Gasteiger partial charge is 0.251 e. The molecule has 0 heterocycles. The standard InChI is InChI=1S/C17H24N2O2/c1-12-8-10-14(11-9-12)17(21)18-13(2)16(20)19-15-6-4-3-5-7-15/h8-11,13,15H,3-7H2,1-2H3,(H,18,21)(H,19,20). The van der Waals surface area contributed by atoms with E-state index < -0.39 is 6.04 Å². The molecule has 4 nitrogen and oxygen atoms in total. The van der Waals surface area contributed by atoms with Crippen molar-refractivity contribution >= 4 is 11.8 Å². The summed E-state index contributed by atoms with van der Waals surface area (Å²) in [6, 6.07) is 7.08. The molecule has 2 amide bonds. The second-order valence-electron chi connectivity index (χ2n) is 5.90. The van der Waals surface area contributed by atoms with Gasteiger partial charge in [-0.15, -0.1) is 0 Å². The molecule has 2 N–H and O–H groups in total. The summed E-state index contributed by atoms with van der Waals surface area (Å²) in [5.74, 6) is -0.302. The van der Waals surface area contributed by atoms with Crippen molar-refractivity contribution in [2.24, 2.45) is 0 Å². The fraction of sp³-hybridized carbons (Fsp3) is 0.529. The van der Waals surface area contributed by atoms with Crippen molar-refractivity contribution < 1.29 is 9.59 Å². The van der Waals surface area contributed by atoms with E-state index in [9.17, 15) is 9.59 Å². The average Bonchev–Trinajstić information content (AvgIpc) is 2.48. The quantitative estimate of drug-likeness (QED) is 0.894. The fourth-order valence-electron chi connectivity index (χ4n) is 2.62. The van der Waals surface area contributed by atoms with E-state index in [2.05, 4.69) is 10.6 Å². The first kappa shape index (κ1) is 15.5. The van der Waals surface area contributed by atoms with Gasteiger partial charge >= 0.3 is 0 Å². The van der Waals surface area contributed by atoms with Gasteiger partial charge < -0.3 is 10.6 Å². The van der Waals surface area contributed by atoms with Gasteiger partial charge in [0.15, 0.2) is 0 Å². The molecule has 114 valence electrons. The Morgan fingerprint density at radius 2 is 1.71 bits per heavy atom. The van der Waals surface area contributed by atoms with Crippen molar-refractivity contribution in [1.29, 1.82) is 0 Å². The minimum atomic E-state index is -0.513. The third-order valence-electron chi connectivity index (χ3n) is 4.01. The molecule has 2 rings (SSSR count). The molecule has 4 heteroatoms. The first-order valence-electron chi connectivity index (χ1n) is 7.74. The Bertz CT molecular complexity index is 490. The fourth-order valence-corrected chi connectivity index (χ4v) is 2.62. The zero-order valence-corrected chi connectivity index (χ0v) is 12.8. The van der Waals surface area contributed by atoms with Crippen molar-refractivity contribution in [3.63, 3.8) is 0 Å². The molecule has 1 aliphatic carbocycles. The molecule has 0 spiro atoms. The molecule has 1 aliphatic rings. The maximum absolute atomic E-state index is 12.1. The highest BCUT2D eigenvalue weighted by atomic mass is 16.2. The first-order chi connectivity index (χ1) is 10.1.